The summed E-state index contributed by atoms with van der Waals surface area (Å²) in [7, 11) is 0. The van der Waals surface area contributed by atoms with E-state index in [9.17, 15) is 14.7 Å². The van der Waals surface area contributed by atoms with Crippen LogP contribution in [0.5, 0.6) is 5.75 Å². The van der Waals surface area contributed by atoms with Crippen LogP contribution in [-0.4, -0.2) is 51.5 Å². The minimum atomic E-state index is -3.76. The van der Waals surface area contributed by atoms with Crippen molar-refractivity contribution in [2.24, 2.45) is 0 Å². The van der Waals surface area contributed by atoms with Crippen LogP contribution in [0.2, 0.25) is 1.41 Å². The molecule has 2 aromatic heterocycles. The number of hydrogen-bond acceptors (Lipinski definition) is 5. The number of rotatable bonds is 6. The molecule has 9 heteroatoms. The van der Waals surface area contributed by atoms with Gasteiger partial charge in [-0.3, -0.25) is 9.59 Å². The van der Waals surface area contributed by atoms with Crippen LogP contribution < -0.4 is 67.2 Å². The maximum atomic E-state index is 13.4. The quantitative estimate of drug-likeness (QED) is 0.541. The van der Waals surface area contributed by atoms with Gasteiger partial charge in [0.2, 0.25) is 5.56 Å². The minimum Gasteiger partial charge on any atom is -0.506 e. The molecule has 3 rings (SSSR count). The third kappa shape index (κ3) is 5.02. The topological polar surface area (TPSA) is 102 Å². The number of likely N-dealkylation sites (tertiary alicyclic amines) is 1. The molecule has 1 saturated heterocycles. The van der Waals surface area contributed by atoms with Crippen LogP contribution in [0.25, 0.3) is 11.2 Å². The first-order chi connectivity index (χ1) is 19.5. The summed E-state index contributed by atoms with van der Waals surface area (Å²) in [5.41, 5.74) is -4.81. The van der Waals surface area contributed by atoms with E-state index in [2.05, 4.69) is 9.97 Å². The molecule has 0 unspecified atom stereocenters. The van der Waals surface area contributed by atoms with Gasteiger partial charge in [0.1, 0.15) is 11.3 Å². The zero-order valence-electron chi connectivity index (χ0n) is 32.2. The third-order valence-corrected chi connectivity index (χ3v) is 3.41. The van der Waals surface area contributed by atoms with E-state index < -0.39 is 105 Å². The number of hydrogen-bond donors (Lipinski definition) is 2. The van der Waals surface area contributed by atoms with E-state index in [1.54, 1.807) is 0 Å². The molecule has 3 heterocycles. The van der Waals surface area contributed by atoms with Gasteiger partial charge in [0.25, 0.3) is 5.91 Å². The third-order valence-electron chi connectivity index (χ3n) is 3.41. The first-order valence-corrected chi connectivity index (χ1v) is 7.32. The van der Waals surface area contributed by atoms with Gasteiger partial charge in [-0.05, 0) is 51.1 Å². The summed E-state index contributed by atoms with van der Waals surface area (Å²) < 4.78 is 142. The number of imidazole rings is 1. The van der Waals surface area contributed by atoms with Crippen LogP contribution in [0.1, 0.15) is 78.9 Å². The molecule has 142 valence electrons. The molecular weight excluding hydrogens is 373 g/mol. The van der Waals surface area contributed by atoms with Crippen LogP contribution in [0.3, 0.4) is 0 Å². The molecule has 1 fully saturated rings. The molecule has 0 saturated carbocycles. The Bertz CT molecular complexity index is 1470. The zero-order chi connectivity index (χ0) is 34.4. The number of nitrogens with zero attached hydrogens (tertiary/aromatic N) is 4. The summed E-state index contributed by atoms with van der Waals surface area (Å²) in [6.45, 7) is -16.2. The fourth-order valence-electron chi connectivity index (χ4n) is 2.27. The molecular formula is C18H26KN5O3. The Morgan fingerprint density at radius 2 is 2.26 bits per heavy atom. The van der Waals surface area contributed by atoms with E-state index in [1.165, 1.54) is 0 Å². The number of nitrogens with one attached hydrogen (secondary N) is 1. The van der Waals surface area contributed by atoms with Crippen molar-refractivity contribution >= 4 is 17.1 Å². The minimum absolute atomic E-state index is 0. The molecule has 0 aliphatic carbocycles. The van der Waals surface area contributed by atoms with Crippen LogP contribution in [-0.2, 0) is 0 Å². The number of fused-ring (bicyclic) bond motifs is 1. The second kappa shape index (κ2) is 10.2. The van der Waals surface area contributed by atoms with Gasteiger partial charge in [0.05, 0.1) is 0 Å². The van der Waals surface area contributed by atoms with E-state index >= 15 is 0 Å². The Hall–Kier alpha value is -0.714. The normalized spacial score (nSPS) is 35.6. The van der Waals surface area contributed by atoms with Crippen molar-refractivity contribution in [1.82, 2.24) is 24.7 Å². The van der Waals surface area contributed by atoms with Gasteiger partial charge in [-0.1, -0.05) is 20.1 Å². The standard InChI is InChI=1S/C18H27N5O3.K/c1-12(2)23-16-14(20-11-21-16)15(24)13(18(23)26)17(25)19-7-6-10-22-8-4-3-5-9-22;/h11-12H,3-10H2,1-2H3,(H3,19,20,21,24,25,26);/q;+1/p-1/i1D3,2D3,3D2,4D2,5D2,8D2,9D2,12D;/hD. The Labute approximate surface area is 226 Å². The molecule has 1 amide bonds. The molecule has 0 radical (unpaired) electrons. The molecule has 2 N–H and O–H groups in total. The number of amides is 1. The predicted octanol–water partition coefficient (Wildman–Crippen LogP) is -1.75. The molecule has 0 atom stereocenters. The average Bonchev–Trinajstić information content (AvgIpc) is 3.33. The molecule has 1 aliphatic heterocycles. The first-order valence-electron chi connectivity index (χ1n) is 16.3. The maximum Gasteiger partial charge on any atom is 1.00 e. The van der Waals surface area contributed by atoms with Crippen molar-refractivity contribution in [1.29, 1.82) is 0 Å². The van der Waals surface area contributed by atoms with Gasteiger partial charge in [-0.2, -0.15) is 0 Å². The number of pyridine rings is 1. The summed E-state index contributed by atoms with van der Waals surface area (Å²) in [4.78, 5) is 33.9. The fraction of sp³-hybridized carbons (Fsp3) is 0.611. The first kappa shape index (κ1) is 8.20. The van der Waals surface area contributed by atoms with Crippen LogP contribution in [0, 0.1) is 0 Å². The summed E-state index contributed by atoms with van der Waals surface area (Å²) in [5.74, 6) is -2.91. The fourth-order valence-corrected chi connectivity index (χ4v) is 2.27. The number of carbonyl (C=O) groups excluding carboxylic acids is 1. The number of piperidine rings is 1. The zero-order valence-corrected chi connectivity index (χ0v) is 17.3. The van der Waals surface area contributed by atoms with Crippen molar-refractivity contribution in [3.8, 4) is 5.75 Å². The Morgan fingerprint density at radius 1 is 1.52 bits per heavy atom. The van der Waals surface area contributed by atoms with Gasteiger partial charge >= 0.3 is 51.4 Å². The number of carbonyl (C=O) groups is 1. The SMILES string of the molecule is [2H]N(CCCN1C([2H])([2H])C([2H])([2H])C([2H])([2H])C([2H])([2H])C1([2H])[2H])C(=O)c1c(O)c2nc[n-]c2n(C([2H])(C([2H])([2H])[2H])C([2H])([2H])[2H])c1=O.[K+]. The van der Waals surface area contributed by atoms with Crippen molar-refractivity contribution in [2.75, 3.05) is 26.1 Å². The summed E-state index contributed by atoms with van der Waals surface area (Å²) >= 11 is 0. The summed E-state index contributed by atoms with van der Waals surface area (Å²) in [5, 5.41) is 10.6. The van der Waals surface area contributed by atoms with Crippen LogP contribution in [0.15, 0.2) is 11.1 Å². The van der Waals surface area contributed by atoms with E-state index in [-0.39, 0.29) is 66.2 Å². The number of aromatic nitrogens is 3. The monoisotopic (exact) mass is 417 g/mol. The summed E-state index contributed by atoms with van der Waals surface area (Å²) in [6, 6.07) is -3.76. The largest absolute Gasteiger partial charge is 1.00 e. The van der Waals surface area contributed by atoms with Crippen molar-refractivity contribution in [3.63, 3.8) is 0 Å². The maximum absolute atomic E-state index is 13.4. The molecule has 0 aromatic carbocycles. The van der Waals surface area contributed by atoms with Crippen molar-refractivity contribution < 1.29 is 86.0 Å². The molecule has 8 nitrogen and oxygen atoms in total. The van der Waals surface area contributed by atoms with Gasteiger partial charge in [0.15, 0.2) is 1.41 Å². The molecule has 27 heavy (non-hydrogen) atoms. The van der Waals surface area contributed by atoms with Gasteiger partial charge in [-0.15, -0.1) is 0 Å². The van der Waals surface area contributed by atoms with Gasteiger partial charge < -0.3 is 29.9 Å². The molecule has 2 aromatic rings. The van der Waals surface area contributed by atoms with Crippen LogP contribution in [0.4, 0.5) is 0 Å². The van der Waals surface area contributed by atoms with E-state index in [1.807, 2.05) is 0 Å². The average molecular weight is 418 g/mol. The van der Waals surface area contributed by atoms with E-state index in [0.29, 0.717) is 6.33 Å². The number of aromatic hydroxyl groups is 1. The Kier molecular flexibility index (Phi) is 3.09. The second-order valence-corrected chi connectivity index (χ2v) is 5.05. The molecule has 0 spiro atoms. The molecule has 1 aliphatic rings. The smallest absolute Gasteiger partial charge is 0.506 e. The van der Waals surface area contributed by atoms with E-state index in [0.717, 1.165) is 0 Å². The van der Waals surface area contributed by atoms with E-state index in [4.69, 9.17) is 24.7 Å². The van der Waals surface area contributed by atoms with Crippen molar-refractivity contribution in [2.45, 2.75) is 45.3 Å². The Balaban J connectivity index is 0.00000705. The predicted molar refractivity (Wildman–Crippen MR) is 98.6 cm³/mol. The van der Waals surface area contributed by atoms with Gasteiger partial charge in [0, 0.05) is 41.0 Å². The molecule has 0 bridgehead atoms. The summed E-state index contributed by atoms with van der Waals surface area (Å²) in [6.07, 6.45) is -10.8. The second-order valence-electron chi connectivity index (χ2n) is 5.05. The van der Waals surface area contributed by atoms with Crippen molar-refractivity contribution in [3.05, 3.63) is 22.2 Å². The van der Waals surface area contributed by atoms with Crippen LogP contribution >= 0.6 is 0 Å². The van der Waals surface area contributed by atoms with Gasteiger partial charge in [-0.25, -0.2) is 0 Å². The Morgan fingerprint density at radius 3 is 2.96 bits per heavy atom.